The van der Waals surface area contributed by atoms with Crippen molar-refractivity contribution in [3.05, 3.63) is 65.2 Å². The van der Waals surface area contributed by atoms with E-state index < -0.39 is 11.6 Å². The van der Waals surface area contributed by atoms with Crippen molar-refractivity contribution < 1.29 is 13.5 Å². The summed E-state index contributed by atoms with van der Waals surface area (Å²) in [5.41, 5.74) is 1.28. The average molecular weight is 288 g/mol. The Hall–Kier alpha value is -2.45. The summed E-state index contributed by atoms with van der Waals surface area (Å²) >= 11 is 0. The van der Waals surface area contributed by atoms with Crippen LogP contribution in [0.25, 0.3) is 0 Å². The van der Waals surface area contributed by atoms with E-state index in [1.54, 1.807) is 12.1 Å². The molecule has 0 atom stereocenters. The highest BCUT2D eigenvalue weighted by atomic mass is 19.1. The normalized spacial score (nSPS) is 10.1. The van der Waals surface area contributed by atoms with E-state index in [0.29, 0.717) is 17.9 Å². The molecule has 0 bridgehead atoms. The van der Waals surface area contributed by atoms with E-state index in [4.69, 9.17) is 10.00 Å². The molecular weight excluding hydrogens is 274 g/mol. The summed E-state index contributed by atoms with van der Waals surface area (Å²) in [7, 11) is 0. The number of nitriles is 1. The minimum Gasteiger partial charge on any atom is -0.479 e. The SMILES string of the molecule is N#CCOc1ccc(CNCc2cc(F)ccc2F)cc1. The van der Waals surface area contributed by atoms with Crippen LogP contribution < -0.4 is 10.1 Å². The summed E-state index contributed by atoms with van der Waals surface area (Å²) < 4.78 is 31.6. The van der Waals surface area contributed by atoms with E-state index in [1.165, 1.54) is 6.07 Å². The lowest BCUT2D eigenvalue weighted by atomic mass is 10.2. The van der Waals surface area contributed by atoms with Crippen molar-refractivity contribution in [2.24, 2.45) is 0 Å². The molecule has 0 saturated heterocycles. The van der Waals surface area contributed by atoms with Crippen LogP contribution >= 0.6 is 0 Å². The van der Waals surface area contributed by atoms with Crippen molar-refractivity contribution in [3.63, 3.8) is 0 Å². The second-order valence-corrected chi connectivity index (χ2v) is 4.43. The van der Waals surface area contributed by atoms with Crippen LogP contribution in [0, 0.1) is 23.0 Å². The van der Waals surface area contributed by atoms with Gasteiger partial charge in [-0.3, -0.25) is 0 Å². The van der Waals surface area contributed by atoms with Gasteiger partial charge in [0, 0.05) is 18.7 Å². The molecule has 0 radical (unpaired) electrons. The predicted octanol–water partition coefficient (Wildman–Crippen LogP) is 3.16. The zero-order valence-corrected chi connectivity index (χ0v) is 11.3. The second-order valence-electron chi connectivity index (χ2n) is 4.43. The number of hydrogen-bond acceptors (Lipinski definition) is 3. The Morgan fingerprint density at radius 2 is 1.81 bits per heavy atom. The van der Waals surface area contributed by atoms with Gasteiger partial charge in [0.1, 0.15) is 23.5 Å². The molecule has 0 fully saturated rings. The number of hydrogen-bond donors (Lipinski definition) is 1. The molecule has 2 aromatic carbocycles. The maximum atomic E-state index is 13.4. The molecule has 108 valence electrons. The van der Waals surface area contributed by atoms with E-state index in [-0.39, 0.29) is 13.2 Å². The number of benzene rings is 2. The molecule has 3 nitrogen and oxygen atoms in total. The lowest BCUT2D eigenvalue weighted by Crippen LogP contribution is -2.13. The molecule has 0 aliphatic carbocycles. The zero-order valence-electron chi connectivity index (χ0n) is 11.3. The van der Waals surface area contributed by atoms with Gasteiger partial charge in [0.25, 0.3) is 0 Å². The van der Waals surface area contributed by atoms with Gasteiger partial charge in [-0.25, -0.2) is 8.78 Å². The Bertz CT molecular complexity index is 636. The van der Waals surface area contributed by atoms with Crippen molar-refractivity contribution in [2.75, 3.05) is 6.61 Å². The molecule has 2 rings (SSSR count). The van der Waals surface area contributed by atoms with Crippen molar-refractivity contribution in [1.82, 2.24) is 5.32 Å². The van der Waals surface area contributed by atoms with Crippen LogP contribution in [0.1, 0.15) is 11.1 Å². The first-order valence-corrected chi connectivity index (χ1v) is 6.42. The third kappa shape index (κ3) is 4.55. The zero-order chi connectivity index (χ0) is 15.1. The topological polar surface area (TPSA) is 45.0 Å². The van der Waals surface area contributed by atoms with E-state index in [1.807, 2.05) is 18.2 Å². The Kier molecular flexibility index (Phi) is 5.24. The van der Waals surface area contributed by atoms with Gasteiger partial charge in [0.2, 0.25) is 0 Å². The highest BCUT2D eigenvalue weighted by Crippen LogP contribution is 2.13. The fourth-order valence-corrected chi connectivity index (χ4v) is 1.84. The van der Waals surface area contributed by atoms with Gasteiger partial charge in [0.05, 0.1) is 0 Å². The van der Waals surface area contributed by atoms with Crippen molar-refractivity contribution in [3.8, 4) is 11.8 Å². The third-order valence-corrected chi connectivity index (χ3v) is 2.88. The standard InChI is InChI=1S/C16H14F2N2O/c17-14-3-6-16(18)13(9-14)11-20-10-12-1-4-15(5-2-12)21-8-7-19/h1-6,9,20H,8,10-11H2. The first-order chi connectivity index (χ1) is 10.2. The monoisotopic (exact) mass is 288 g/mol. The maximum Gasteiger partial charge on any atom is 0.174 e. The largest absolute Gasteiger partial charge is 0.479 e. The van der Waals surface area contributed by atoms with Gasteiger partial charge in [-0.1, -0.05) is 12.1 Å². The summed E-state index contributed by atoms with van der Waals surface area (Å²) in [5, 5.41) is 11.5. The van der Waals surface area contributed by atoms with Crippen molar-refractivity contribution in [2.45, 2.75) is 13.1 Å². The van der Waals surface area contributed by atoms with E-state index >= 15 is 0 Å². The minimum atomic E-state index is -0.452. The number of halogens is 2. The molecule has 1 N–H and O–H groups in total. The van der Waals surface area contributed by atoms with E-state index in [9.17, 15) is 8.78 Å². The molecule has 2 aromatic rings. The fourth-order valence-electron chi connectivity index (χ4n) is 1.84. The second kappa shape index (κ2) is 7.36. The van der Waals surface area contributed by atoms with Crippen LogP contribution in [0.5, 0.6) is 5.75 Å². The molecule has 0 aliphatic heterocycles. The summed E-state index contributed by atoms with van der Waals surface area (Å²) in [6.45, 7) is 0.779. The van der Waals surface area contributed by atoms with Gasteiger partial charge in [-0.05, 0) is 35.9 Å². The Balaban J connectivity index is 1.86. The van der Waals surface area contributed by atoms with Crippen LogP contribution in [-0.2, 0) is 13.1 Å². The molecule has 0 heterocycles. The van der Waals surface area contributed by atoms with Gasteiger partial charge in [-0.15, -0.1) is 0 Å². The molecule has 0 unspecified atom stereocenters. The average Bonchev–Trinajstić information content (AvgIpc) is 2.50. The van der Waals surface area contributed by atoms with Crippen molar-refractivity contribution >= 4 is 0 Å². The number of nitrogens with zero attached hydrogens (tertiary/aromatic N) is 1. The van der Waals surface area contributed by atoms with Crippen LogP contribution in [0.15, 0.2) is 42.5 Å². The Labute approximate surface area is 121 Å². The molecule has 0 spiro atoms. The fraction of sp³-hybridized carbons (Fsp3) is 0.188. The van der Waals surface area contributed by atoms with Crippen molar-refractivity contribution in [1.29, 1.82) is 5.26 Å². The summed E-state index contributed by atoms with van der Waals surface area (Å²) in [6.07, 6.45) is 0. The van der Waals surface area contributed by atoms with Crippen LogP contribution in [0.3, 0.4) is 0 Å². The number of rotatable bonds is 6. The smallest absolute Gasteiger partial charge is 0.174 e. The van der Waals surface area contributed by atoms with Crippen LogP contribution in [-0.4, -0.2) is 6.61 Å². The summed E-state index contributed by atoms with van der Waals surface area (Å²) in [5.74, 6) is -0.257. The number of nitrogens with one attached hydrogen (secondary N) is 1. The first-order valence-electron chi connectivity index (χ1n) is 6.42. The maximum absolute atomic E-state index is 13.4. The highest BCUT2D eigenvalue weighted by Gasteiger charge is 2.03. The molecule has 21 heavy (non-hydrogen) atoms. The van der Waals surface area contributed by atoms with Gasteiger partial charge < -0.3 is 10.1 Å². The lowest BCUT2D eigenvalue weighted by molar-refractivity contribution is 0.368. The molecule has 0 aromatic heterocycles. The molecule has 0 amide bonds. The van der Waals surface area contributed by atoms with E-state index in [2.05, 4.69) is 5.32 Å². The van der Waals surface area contributed by atoms with Crippen LogP contribution in [0.2, 0.25) is 0 Å². The lowest BCUT2D eigenvalue weighted by Gasteiger charge is -2.07. The van der Waals surface area contributed by atoms with E-state index in [0.717, 1.165) is 17.7 Å². The van der Waals surface area contributed by atoms with Gasteiger partial charge in [-0.2, -0.15) is 5.26 Å². The predicted molar refractivity (Wildman–Crippen MR) is 74.5 cm³/mol. The van der Waals surface area contributed by atoms with Crippen LogP contribution in [0.4, 0.5) is 8.78 Å². The first kappa shape index (κ1) is 14.9. The Morgan fingerprint density at radius 3 is 2.52 bits per heavy atom. The summed E-state index contributed by atoms with van der Waals surface area (Å²) in [6, 6.07) is 12.5. The third-order valence-electron chi connectivity index (χ3n) is 2.88. The van der Waals surface area contributed by atoms with Gasteiger partial charge >= 0.3 is 0 Å². The minimum absolute atomic E-state index is 0.0104. The molecule has 5 heteroatoms. The van der Waals surface area contributed by atoms with Gasteiger partial charge in [0.15, 0.2) is 6.61 Å². The molecular formula is C16H14F2N2O. The Morgan fingerprint density at radius 1 is 1.05 bits per heavy atom. The quantitative estimate of drug-likeness (QED) is 0.888. The summed E-state index contributed by atoms with van der Waals surface area (Å²) in [4.78, 5) is 0. The molecule has 0 aliphatic rings. The highest BCUT2D eigenvalue weighted by molar-refractivity contribution is 5.27. The number of ether oxygens (including phenoxy) is 1. The molecule has 0 saturated carbocycles.